The van der Waals surface area contributed by atoms with Gasteiger partial charge in [-0.3, -0.25) is 9.89 Å². The molecule has 0 spiro atoms. The van der Waals surface area contributed by atoms with Gasteiger partial charge < -0.3 is 10.4 Å². The monoisotopic (exact) mass is 419 g/mol. The molecule has 0 saturated carbocycles. The molecule has 1 aromatic heterocycles. The number of aromatic nitrogens is 2. The molecule has 1 heterocycles. The summed E-state index contributed by atoms with van der Waals surface area (Å²) in [6, 6.07) is 17.1. The van der Waals surface area contributed by atoms with Crippen LogP contribution in [0.4, 0.5) is 0 Å². The van der Waals surface area contributed by atoms with Crippen molar-refractivity contribution < 1.29 is 9.90 Å². The number of nitrogens with zero attached hydrogens (tertiary/aromatic N) is 1. The van der Waals surface area contributed by atoms with Crippen LogP contribution in [0.1, 0.15) is 32.7 Å². The average Bonchev–Trinajstić information content (AvgIpc) is 3.15. The minimum atomic E-state index is -0.199. The number of H-pyrrole nitrogens is 1. The number of nitrogens with one attached hydrogen (secondary N) is 2. The van der Waals surface area contributed by atoms with Crippen LogP contribution in [0, 0.1) is 13.8 Å². The van der Waals surface area contributed by atoms with Crippen molar-refractivity contribution in [2.24, 2.45) is 0 Å². The summed E-state index contributed by atoms with van der Waals surface area (Å²) in [5.41, 5.74) is 6.78. The molecule has 0 aliphatic heterocycles. The summed E-state index contributed by atoms with van der Waals surface area (Å²) in [6.07, 6.45) is 0. The van der Waals surface area contributed by atoms with E-state index in [1.807, 2.05) is 62.4 Å². The van der Waals surface area contributed by atoms with Gasteiger partial charge >= 0.3 is 0 Å². The van der Waals surface area contributed by atoms with Gasteiger partial charge in [-0.15, -0.1) is 0 Å². The van der Waals surface area contributed by atoms with Gasteiger partial charge in [0.2, 0.25) is 0 Å². The molecule has 0 bridgehead atoms. The van der Waals surface area contributed by atoms with E-state index >= 15 is 0 Å². The maximum Gasteiger partial charge on any atom is 0.251 e. The number of aromatic amines is 1. The fourth-order valence-corrected chi connectivity index (χ4v) is 3.76. The predicted octanol–water partition coefficient (Wildman–Crippen LogP) is 4.92. The van der Waals surface area contributed by atoms with Crippen LogP contribution in [0.3, 0.4) is 0 Å². The molecule has 0 radical (unpaired) electrons. The second-order valence-corrected chi connectivity index (χ2v) is 7.79. The Morgan fingerprint density at radius 1 is 1.10 bits per heavy atom. The maximum atomic E-state index is 12.9. The normalized spacial score (nSPS) is 11.1. The van der Waals surface area contributed by atoms with Gasteiger partial charge in [0.05, 0.1) is 17.8 Å². The molecule has 30 heavy (non-hydrogen) atoms. The van der Waals surface area contributed by atoms with Crippen molar-refractivity contribution in [2.75, 3.05) is 0 Å². The largest absolute Gasteiger partial charge is 0.392 e. The fourth-order valence-electron chi connectivity index (χ4n) is 3.65. The molecule has 5 nitrogen and oxygen atoms in total. The standard InChI is InChI=1S/C24H22ClN3O2/c1-14-8-16(6-7-21(14)25)12-26-24(30)19-10-17(13-29)9-18(11-19)20-4-3-5-22-23(20)15(2)27-28-22/h3-11,29H,12-13H2,1-2H3,(H,26,30)(H,27,28). The Balaban J connectivity index is 1.66. The first-order valence-electron chi connectivity index (χ1n) is 9.68. The average molecular weight is 420 g/mol. The van der Waals surface area contributed by atoms with Crippen molar-refractivity contribution in [1.29, 1.82) is 0 Å². The lowest BCUT2D eigenvalue weighted by molar-refractivity contribution is 0.0950. The summed E-state index contributed by atoms with van der Waals surface area (Å²) >= 11 is 6.07. The van der Waals surface area contributed by atoms with E-state index in [0.29, 0.717) is 22.7 Å². The molecule has 3 aromatic carbocycles. The van der Waals surface area contributed by atoms with Gasteiger partial charge in [-0.25, -0.2) is 0 Å². The first-order chi connectivity index (χ1) is 14.5. The zero-order valence-corrected chi connectivity index (χ0v) is 17.5. The van der Waals surface area contributed by atoms with Gasteiger partial charge in [-0.1, -0.05) is 35.9 Å². The Labute approximate surface area is 179 Å². The first-order valence-corrected chi connectivity index (χ1v) is 10.1. The smallest absolute Gasteiger partial charge is 0.251 e. The van der Waals surface area contributed by atoms with Crippen LogP contribution in [0.5, 0.6) is 0 Å². The highest BCUT2D eigenvalue weighted by Crippen LogP contribution is 2.31. The van der Waals surface area contributed by atoms with E-state index in [-0.39, 0.29) is 12.5 Å². The van der Waals surface area contributed by atoms with Crippen LogP contribution in [0.25, 0.3) is 22.0 Å². The Hall–Kier alpha value is -3.15. The Bertz CT molecular complexity index is 1250. The van der Waals surface area contributed by atoms with E-state index in [2.05, 4.69) is 15.5 Å². The Kier molecular flexibility index (Phi) is 5.57. The number of aliphatic hydroxyl groups excluding tert-OH is 1. The highest BCUT2D eigenvalue weighted by atomic mass is 35.5. The molecule has 4 aromatic rings. The molecular weight excluding hydrogens is 398 g/mol. The molecule has 152 valence electrons. The van der Waals surface area contributed by atoms with Crippen molar-refractivity contribution in [3.8, 4) is 11.1 Å². The summed E-state index contributed by atoms with van der Waals surface area (Å²) in [7, 11) is 0. The third kappa shape index (κ3) is 3.95. The summed E-state index contributed by atoms with van der Waals surface area (Å²) in [6.45, 7) is 4.12. The highest BCUT2D eigenvalue weighted by Gasteiger charge is 2.14. The fraction of sp³-hybridized carbons (Fsp3) is 0.167. The molecule has 0 saturated heterocycles. The topological polar surface area (TPSA) is 78.0 Å². The van der Waals surface area contributed by atoms with Crippen molar-refractivity contribution in [2.45, 2.75) is 27.0 Å². The van der Waals surface area contributed by atoms with Crippen molar-refractivity contribution >= 4 is 28.4 Å². The number of halogens is 1. The van der Waals surface area contributed by atoms with Crippen molar-refractivity contribution in [1.82, 2.24) is 15.5 Å². The Morgan fingerprint density at radius 3 is 2.70 bits per heavy atom. The molecule has 0 aliphatic carbocycles. The second-order valence-electron chi connectivity index (χ2n) is 7.38. The number of hydrogen-bond acceptors (Lipinski definition) is 3. The van der Waals surface area contributed by atoms with Gasteiger partial charge in [0.25, 0.3) is 5.91 Å². The summed E-state index contributed by atoms with van der Waals surface area (Å²) in [5, 5.41) is 21.7. The zero-order chi connectivity index (χ0) is 21.3. The van der Waals surface area contributed by atoms with Gasteiger partial charge in [0, 0.05) is 22.5 Å². The molecule has 0 fully saturated rings. The number of fused-ring (bicyclic) bond motifs is 1. The van der Waals surface area contributed by atoms with E-state index in [1.54, 1.807) is 6.07 Å². The number of rotatable bonds is 5. The van der Waals surface area contributed by atoms with E-state index < -0.39 is 0 Å². The van der Waals surface area contributed by atoms with Crippen LogP contribution in [0.2, 0.25) is 5.02 Å². The highest BCUT2D eigenvalue weighted by molar-refractivity contribution is 6.31. The molecule has 0 unspecified atom stereocenters. The van der Waals surface area contributed by atoms with Crippen LogP contribution in [-0.2, 0) is 13.2 Å². The first kappa shape index (κ1) is 20.1. The molecule has 3 N–H and O–H groups in total. The quantitative estimate of drug-likeness (QED) is 0.429. The summed E-state index contributed by atoms with van der Waals surface area (Å²) < 4.78 is 0. The lowest BCUT2D eigenvalue weighted by Gasteiger charge is -2.11. The van der Waals surface area contributed by atoms with Crippen molar-refractivity contribution in [3.63, 3.8) is 0 Å². The number of carbonyl (C=O) groups excluding carboxylic acids is 1. The van der Waals surface area contributed by atoms with Crippen LogP contribution in [0.15, 0.2) is 54.6 Å². The minimum absolute atomic E-state index is 0.148. The zero-order valence-electron chi connectivity index (χ0n) is 16.8. The predicted molar refractivity (Wildman–Crippen MR) is 120 cm³/mol. The van der Waals surface area contributed by atoms with Crippen LogP contribution >= 0.6 is 11.6 Å². The molecular formula is C24H22ClN3O2. The lowest BCUT2D eigenvalue weighted by Crippen LogP contribution is -2.23. The van der Waals surface area contributed by atoms with Crippen LogP contribution < -0.4 is 5.32 Å². The molecule has 6 heteroatoms. The van der Waals surface area contributed by atoms with E-state index in [0.717, 1.165) is 38.9 Å². The lowest BCUT2D eigenvalue weighted by atomic mass is 9.96. The second kappa shape index (κ2) is 8.30. The maximum absolute atomic E-state index is 12.9. The molecule has 4 rings (SSSR count). The molecule has 0 aliphatic rings. The minimum Gasteiger partial charge on any atom is -0.392 e. The third-order valence-corrected chi connectivity index (χ3v) is 5.62. The van der Waals surface area contributed by atoms with Crippen molar-refractivity contribution in [3.05, 3.63) is 87.6 Å². The van der Waals surface area contributed by atoms with E-state index in [4.69, 9.17) is 11.6 Å². The number of benzene rings is 3. The van der Waals surface area contributed by atoms with Gasteiger partial charge in [0.1, 0.15) is 0 Å². The number of hydrogen-bond donors (Lipinski definition) is 3. The number of aliphatic hydroxyl groups is 1. The number of carbonyl (C=O) groups is 1. The van der Waals surface area contributed by atoms with Gasteiger partial charge in [0.15, 0.2) is 0 Å². The molecule has 0 atom stereocenters. The summed E-state index contributed by atoms with van der Waals surface area (Å²) in [4.78, 5) is 12.9. The Morgan fingerprint density at radius 2 is 1.93 bits per heavy atom. The molecule has 1 amide bonds. The van der Waals surface area contributed by atoms with E-state index in [9.17, 15) is 9.90 Å². The SMILES string of the molecule is Cc1cc(CNC(=O)c2cc(CO)cc(-c3cccc4[nH]nc(C)c34)c2)ccc1Cl. The van der Waals surface area contributed by atoms with Crippen LogP contribution in [-0.4, -0.2) is 21.2 Å². The van der Waals surface area contributed by atoms with Gasteiger partial charge in [-0.05, 0) is 72.0 Å². The number of amides is 1. The number of aryl methyl sites for hydroxylation is 2. The van der Waals surface area contributed by atoms with E-state index in [1.165, 1.54) is 0 Å². The van der Waals surface area contributed by atoms with Gasteiger partial charge in [-0.2, -0.15) is 5.10 Å². The third-order valence-electron chi connectivity index (χ3n) is 5.19. The summed E-state index contributed by atoms with van der Waals surface area (Å²) in [5.74, 6) is -0.199.